The van der Waals surface area contributed by atoms with Gasteiger partial charge in [-0.25, -0.2) is 14.4 Å². The highest BCUT2D eigenvalue weighted by Crippen LogP contribution is 2.32. The molecule has 2 N–H and O–H groups in total. The number of H-pyrrole nitrogens is 2. The molecule has 3 heterocycles. The molecule has 1 saturated heterocycles. The van der Waals surface area contributed by atoms with E-state index >= 15 is 0 Å². The summed E-state index contributed by atoms with van der Waals surface area (Å²) in [5.41, 5.74) is 2.68. The molecule has 0 spiro atoms. The Morgan fingerprint density at radius 2 is 2.33 bits per heavy atom. The van der Waals surface area contributed by atoms with Crippen molar-refractivity contribution in [2.45, 2.75) is 25.4 Å². The lowest BCUT2D eigenvalue weighted by Crippen LogP contribution is -2.23. The van der Waals surface area contributed by atoms with Crippen molar-refractivity contribution in [3.63, 3.8) is 0 Å². The van der Waals surface area contributed by atoms with E-state index in [0.717, 1.165) is 48.5 Å². The van der Waals surface area contributed by atoms with Crippen molar-refractivity contribution in [3.05, 3.63) is 48.1 Å². The Kier molecular flexibility index (Phi) is 2.96. The Balaban J connectivity index is 1.63. The van der Waals surface area contributed by atoms with Crippen LogP contribution in [0.1, 0.15) is 30.4 Å². The third kappa shape index (κ3) is 2.31. The van der Waals surface area contributed by atoms with E-state index in [1.807, 2.05) is 6.20 Å². The molecule has 0 saturated carbocycles. The molecule has 108 valence electrons. The smallest absolute Gasteiger partial charge is 0.125 e. The van der Waals surface area contributed by atoms with Crippen molar-refractivity contribution in [2.75, 3.05) is 6.54 Å². The molecule has 0 radical (unpaired) electrons. The van der Waals surface area contributed by atoms with Crippen molar-refractivity contribution >= 4 is 11.0 Å². The number of rotatable bonds is 3. The standard InChI is InChI=1S/C15H16FN5/c16-10-3-4-12-13(6-10)20-15(19-12)14-2-1-5-21(14)8-11-7-17-9-18-11/h3-4,6-7,9,14H,1-2,5,8H2,(H,17,18)(H,19,20)/t14-/m1/s1. The molecule has 3 aromatic rings. The molecule has 1 aliphatic rings. The number of fused-ring (bicyclic) bond motifs is 1. The Morgan fingerprint density at radius 1 is 1.38 bits per heavy atom. The lowest BCUT2D eigenvalue weighted by atomic mass is 10.2. The van der Waals surface area contributed by atoms with Crippen LogP contribution in [0.3, 0.4) is 0 Å². The molecule has 0 amide bonds. The number of nitrogens with zero attached hydrogens (tertiary/aromatic N) is 3. The highest BCUT2D eigenvalue weighted by molar-refractivity contribution is 5.75. The van der Waals surface area contributed by atoms with E-state index in [9.17, 15) is 4.39 Å². The molecule has 1 aliphatic heterocycles. The summed E-state index contributed by atoms with van der Waals surface area (Å²) in [6, 6.07) is 4.92. The van der Waals surface area contributed by atoms with Crippen LogP contribution in [0.2, 0.25) is 0 Å². The van der Waals surface area contributed by atoms with Crippen LogP contribution in [0, 0.1) is 5.82 Å². The van der Waals surface area contributed by atoms with Gasteiger partial charge in [0, 0.05) is 18.4 Å². The maximum atomic E-state index is 13.3. The molecule has 4 rings (SSSR count). The molecule has 1 aromatic carbocycles. The molecule has 0 aliphatic carbocycles. The van der Waals surface area contributed by atoms with Crippen molar-refractivity contribution < 1.29 is 4.39 Å². The number of hydrogen-bond donors (Lipinski definition) is 2. The zero-order valence-corrected chi connectivity index (χ0v) is 11.5. The van der Waals surface area contributed by atoms with E-state index in [0.29, 0.717) is 0 Å². The summed E-state index contributed by atoms with van der Waals surface area (Å²) in [5, 5.41) is 0. The van der Waals surface area contributed by atoms with Crippen LogP contribution in [0.5, 0.6) is 0 Å². The summed E-state index contributed by atoms with van der Waals surface area (Å²) in [6.07, 6.45) is 5.76. The normalized spacial score (nSPS) is 19.6. The minimum atomic E-state index is -0.238. The summed E-state index contributed by atoms with van der Waals surface area (Å²) in [5.74, 6) is 0.686. The fourth-order valence-electron chi connectivity index (χ4n) is 3.07. The first kappa shape index (κ1) is 12.5. The largest absolute Gasteiger partial charge is 0.347 e. The number of imidazole rings is 2. The summed E-state index contributed by atoms with van der Waals surface area (Å²) < 4.78 is 13.3. The minimum absolute atomic E-state index is 0.238. The van der Waals surface area contributed by atoms with Gasteiger partial charge in [0.25, 0.3) is 0 Å². The van der Waals surface area contributed by atoms with Crippen molar-refractivity contribution in [3.8, 4) is 0 Å². The number of halogens is 1. The number of benzene rings is 1. The predicted octanol–water partition coefficient (Wildman–Crippen LogP) is 2.76. The van der Waals surface area contributed by atoms with Crippen molar-refractivity contribution in [1.82, 2.24) is 24.8 Å². The SMILES string of the molecule is Fc1ccc2nc([C@H]3CCCN3Cc3cnc[nH]3)[nH]c2c1. The molecular formula is C15H16FN5. The first-order chi connectivity index (χ1) is 10.3. The van der Waals surface area contributed by atoms with E-state index in [2.05, 4.69) is 24.8 Å². The molecule has 5 nitrogen and oxygen atoms in total. The average Bonchev–Trinajstić information content (AvgIpc) is 3.18. The zero-order valence-electron chi connectivity index (χ0n) is 11.5. The van der Waals surface area contributed by atoms with Gasteiger partial charge in [0.15, 0.2) is 0 Å². The highest BCUT2D eigenvalue weighted by atomic mass is 19.1. The van der Waals surface area contributed by atoms with Crippen molar-refractivity contribution in [2.24, 2.45) is 0 Å². The molecule has 0 bridgehead atoms. The van der Waals surface area contributed by atoms with Gasteiger partial charge in [0.1, 0.15) is 11.6 Å². The topological polar surface area (TPSA) is 60.6 Å². The number of aromatic amines is 2. The van der Waals surface area contributed by atoms with Gasteiger partial charge in [-0.3, -0.25) is 4.90 Å². The van der Waals surface area contributed by atoms with Gasteiger partial charge in [-0.15, -0.1) is 0 Å². The quantitative estimate of drug-likeness (QED) is 0.778. The van der Waals surface area contributed by atoms with Gasteiger partial charge in [-0.1, -0.05) is 0 Å². The fraction of sp³-hybridized carbons (Fsp3) is 0.333. The second-order valence-corrected chi connectivity index (χ2v) is 5.49. The summed E-state index contributed by atoms with van der Waals surface area (Å²) in [4.78, 5) is 17.5. The monoisotopic (exact) mass is 285 g/mol. The van der Waals surface area contributed by atoms with E-state index < -0.39 is 0 Å². The Labute approximate surface area is 121 Å². The van der Waals surface area contributed by atoms with Crippen LogP contribution in [0.15, 0.2) is 30.7 Å². The Bertz CT molecular complexity index is 749. The molecule has 0 unspecified atom stereocenters. The molecule has 21 heavy (non-hydrogen) atoms. The molecule has 1 atom stereocenters. The summed E-state index contributed by atoms with van der Waals surface area (Å²) in [6.45, 7) is 1.87. The van der Waals surface area contributed by atoms with Crippen LogP contribution in [0.4, 0.5) is 4.39 Å². The first-order valence-corrected chi connectivity index (χ1v) is 7.16. The average molecular weight is 285 g/mol. The van der Waals surface area contributed by atoms with Crippen molar-refractivity contribution in [1.29, 1.82) is 0 Å². The number of hydrogen-bond acceptors (Lipinski definition) is 3. The van der Waals surface area contributed by atoms with Crippen LogP contribution in [-0.4, -0.2) is 31.4 Å². The zero-order chi connectivity index (χ0) is 14.2. The first-order valence-electron chi connectivity index (χ1n) is 7.16. The highest BCUT2D eigenvalue weighted by Gasteiger charge is 2.28. The van der Waals surface area contributed by atoms with Crippen LogP contribution in [0.25, 0.3) is 11.0 Å². The number of likely N-dealkylation sites (tertiary alicyclic amines) is 1. The van der Waals surface area contributed by atoms with Crippen LogP contribution < -0.4 is 0 Å². The second-order valence-electron chi connectivity index (χ2n) is 5.49. The second kappa shape index (κ2) is 4.96. The van der Waals surface area contributed by atoms with E-state index in [1.165, 1.54) is 12.1 Å². The Morgan fingerprint density at radius 3 is 3.19 bits per heavy atom. The van der Waals surface area contributed by atoms with Gasteiger partial charge in [-0.05, 0) is 37.6 Å². The third-order valence-corrected chi connectivity index (χ3v) is 4.07. The predicted molar refractivity (Wildman–Crippen MR) is 77.0 cm³/mol. The number of nitrogens with one attached hydrogen (secondary N) is 2. The lowest BCUT2D eigenvalue weighted by Gasteiger charge is -2.21. The Hall–Kier alpha value is -2.21. The van der Waals surface area contributed by atoms with E-state index in [4.69, 9.17) is 0 Å². The van der Waals surface area contributed by atoms with Gasteiger partial charge in [-0.2, -0.15) is 0 Å². The van der Waals surface area contributed by atoms with E-state index in [1.54, 1.807) is 12.4 Å². The fourth-order valence-corrected chi connectivity index (χ4v) is 3.07. The summed E-state index contributed by atoms with van der Waals surface area (Å²) >= 11 is 0. The molecule has 6 heteroatoms. The number of aromatic nitrogens is 4. The van der Waals surface area contributed by atoms with Gasteiger partial charge < -0.3 is 9.97 Å². The van der Waals surface area contributed by atoms with Gasteiger partial charge >= 0.3 is 0 Å². The van der Waals surface area contributed by atoms with Crippen LogP contribution >= 0.6 is 0 Å². The maximum Gasteiger partial charge on any atom is 0.125 e. The molecular weight excluding hydrogens is 269 g/mol. The van der Waals surface area contributed by atoms with Gasteiger partial charge in [0.2, 0.25) is 0 Å². The minimum Gasteiger partial charge on any atom is -0.347 e. The summed E-state index contributed by atoms with van der Waals surface area (Å²) in [7, 11) is 0. The third-order valence-electron chi connectivity index (χ3n) is 4.07. The van der Waals surface area contributed by atoms with E-state index in [-0.39, 0.29) is 11.9 Å². The van der Waals surface area contributed by atoms with Crippen LogP contribution in [-0.2, 0) is 6.54 Å². The van der Waals surface area contributed by atoms with Gasteiger partial charge in [0.05, 0.1) is 23.4 Å². The molecule has 2 aromatic heterocycles. The lowest BCUT2D eigenvalue weighted by molar-refractivity contribution is 0.238. The maximum absolute atomic E-state index is 13.3. The molecule has 1 fully saturated rings.